The standard InChI is InChI=1S/C13H10F4N4O/c14-9-7-8(12-19-18-4-6-22-12)1-2-10(9)21-5-3-11(20-21)13(15,16)17/h1-3,5,7,18H,4,6H2. The van der Waals surface area contributed by atoms with Gasteiger partial charge < -0.3 is 10.2 Å². The molecule has 0 saturated heterocycles. The van der Waals surface area contributed by atoms with Crippen molar-refractivity contribution >= 4 is 5.90 Å². The van der Waals surface area contributed by atoms with E-state index in [9.17, 15) is 17.6 Å². The molecule has 5 nitrogen and oxygen atoms in total. The fourth-order valence-electron chi connectivity index (χ4n) is 1.94. The minimum Gasteiger partial charge on any atom is -0.474 e. The van der Waals surface area contributed by atoms with Gasteiger partial charge in [-0.05, 0) is 24.3 Å². The Balaban J connectivity index is 1.92. The van der Waals surface area contributed by atoms with Crippen molar-refractivity contribution in [3.05, 3.63) is 47.5 Å². The van der Waals surface area contributed by atoms with Crippen molar-refractivity contribution in [3.63, 3.8) is 0 Å². The van der Waals surface area contributed by atoms with Crippen molar-refractivity contribution in [1.29, 1.82) is 0 Å². The van der Waals surface area contributed by atoms with E-state index in [4.69, 9.17) is 4.74 Å². The van der Waals surface area contributed by atoms with Crippen molar-refractivity contribution < 1.29 is 22.3 Å². The molecular weight excluding hydrogens is 304 g/mol. The minimum atomic E-state index is -4.57. The van der Waals surface area contributed by atoms with Gasteiger partial charge in [-0.15, -0.1) is 5.10 Å². The van der Waals surface area contributed by atoms with Crippen LogP contribution in [0.3, 0.4) is 0 Å². The molecule has 22 heavy (non-hydrogen) atoms. The highest BCUT2D eigenvalue weighted by Gasteiger charge is 2.33. The Labute approximate surface area is 122 Å². The van der Waals surface area contributed by atoms with Crippen LogP contribution in [0.5, 0.6) is 0 Å². The quantitative estimate of drug-likeness (QED) is 0.866. The lowest BCUT2D eigenvalue weighted by Gasteiger charge is -2.15. The molecule has 1 aliphatic rings. The van der Waals surface area contributed by atoms with Gasteiger partial charge in [-0.25, -0.2) is 9.07 Å². The van der Waals surface area contributed by atoms with Gasteiger partial charge >= 0.3 is 6.18 Å². The molecule has 1 N–H and O–H groups in total. The highest BCUT2D eigenvalue weighted by Crippen LogP contribution is 2.28. The predicted molar refractivity (Wildman–Crippen MR) is 69.0 cm³/mol. The second-order valence-corrected chi connectivity index (χ2v) is 4.48. The van der Waals surface area contributed by atoms with Crippen molar-refractivity contribution in [2.24, 2.45) is 5.10 Å². The first-order valence-electron chi connectivity index (χ1n) is 6.31. The molecule has 2 heterocycles. The van der Waals surface area contributed by atoms with Gasteiger partial charge in [-0.2, -0.15) is 18.3 Å². The largest absolute Gasteiger partial charge is 0.474 e. The normalized spacial score (nSPS) is 15.0. The molecule has 116 valence electrons. The molecule has 1 aromatic heterocycles. The summed E-state index contributed by atoms with van der Waals surface area (Å²) in [6.45, 7) is 0.952. The molecule has 2 aromatic rings. The first kappa shape index (κ1) is 14.4. The zero-order valence-corrected chi connectivity index (χ0v) is 11.1. The summed E-state index contributed by atoms with van der Waals surface area (Å²) in [7, 11) is 0. The number of rotatable bonds is 2. The maximum absolute atomic E-state index is 14.1. The summed E-state index contributed by atoms with van der Waals surface area (Å²) in [6.07, 6.45) is -3.52. The number of ether oxygens (including phenoxy) is 1. The number of hydrogen-bond donors (Lipinski definition) is 1. The van der Waals surface area contributed by atoms with E-state index in [0.717, 1.165) is 23.0 Å². The van der Waals surface area contributed by atoms with Gasteiger partial charge in [0.25, 0.3) is 0 Å². The van der Waals surface area contributed by atoms with Gasteiger partial charge in [0, 0.05) is 11.8 Å². The lowest BCUT2D eigenvalue weighted by atomic mass is 10.2. The third-order valence-electron chi connectivity index (χ3n) is 2.95. The molecule has 0 atom stereocenters. The molecule has 0 spiro atoms. The smallest absolute Gasteiger partial charge is 0.435 e. The van der Waals surface area contributed by atoms with Gasteiger partial charge in [0.2, 0.25) is 5.90 Å². The Kier molecular flexibility index (Phi) is 3.47. The van der Waals surface area contributed by atoms with Gasteiger partial charge in [0.05, 0.1) is 6.54 Å². The van der Waals surface area contributed by atoms with Gasteiger partial charge in [0.1, 0.15) is 18.1 Å². The van der Waals surface area contributed by atoms with Crippen LogP contribution in [0.25, 0.3) is 5.69 Å². The number of nitrogens with zero attached hydrogens (tertiary/aromatic N) is 3. The van der Waals surface area contributed by atoms with Crippen molar-refractivity contribution in [1.82, 2.24) is 15.2 Å². The summed E-state index contributed by atoms with van der Waals surface area (Å²) >= 11 is 0. The summed E-state index contributed by atoms with van der Waals surface area (Å²) in [4.78, 5) is 0. The Morgan fingerprint density at radius 2 is 2.05 bits per heavy atom. The molecule has 0 unspecified atom stereocenters. The second-order valence-electron chi connectivity index (χ2n) is 4.48. The average molecular weight is 314 g/mol. The van der Waals surface area contributed by atoms with Crippen molar-refractivity contribution in [2.45, 2.75) is 6.18 Å². The van der Waals surface area contributed by atoms with E-state index in [1.807, 2.05) is 0 Å². The zero-order valence-electron chi connectivity index (χ0n) is 11.1. The number of alkyl halides is 3. The number of hydrazone groups is 1. The molecule has 0 saturated carbocycles. The molecular formula is C13H10F4N4O. The number of halogens is 4. The van der Waals surface area contributed by atoms with Crippen LogP contribution in [-0.4, -0.2) is 28.8 Å². The van der Waals surface area contributed by atoms with E-state index < -0.39 is 17.7 Å². The molecule has 1 aromatic carbocycles. The molecule has 0 bridgehead atoms. The minimum absolute atomic E-state index is 0.0939. The first-order valence-corrected chi connectivity index (χ1v) is 6.31. The first-order chi connectivity index (χ1) is 10.4. The second kappa shape index (κ2) is 5.32. The predicted octanol–water partition coefficient (Wildman–Crippen LogP) is 2.31. The van der Waals surface area contributed by atoms with Crippen LogP contribution < -0.4 is 5.43 Å². The van der Waals surface area contributed by atoms with Crippen LogP contribution in [0.1, 0.15) is 11.3 Å². The fourth-order valence-corrected chi connectivity index (χ4v) is 1.94. The molecule has 0 fully saturated rings. The average Bonchev–Trinajstić information content (AvgIpc) is 2.98. The molecule has 9 heteroatoms. The van der Waals surface area contributed by atoms with Crippen LogP contribution >= 0.6 is 0 Å². The Morgan fingerprint density at radius 3 is 2.64 bits per heavy atom. The van der Waals surface area contributed by atoms with Crippen LogP contribution in [0.15, 0.2) is 35.6 Å². The van der Waals surface area contributed by atoms with Gasteiger partial charge in [-0.1, -0.05) is 0 Å². The molecule has 3 rings (SSSR count). The summed E-state index contributed by atoms with van der Waals surface area (Å²) in [6, 6.07) is 4.74. The number of nitrogens with one attached hydrogen (secondary N) is 1. The van der Waals surface area contributed by atoms with Crippen molar-refractivity contribution in [2.75, 3.05) is 13.2 Å². The van der Waals surface area contributed by atoms with E-state index in [0.29, 0.717) is 18.7 Å². The Bertz CT molecular complexity index is 723. The fraction of sp³-hybridized carbons (Fsp3) is 0.231. The zero-order chi connectivity index (χ0) is 15.7. The monoisotopic (exact) mass is 314 g/mol. The summed E-state index contributed by atoms with van der Waals surface area (Å²) in [5.74, 6) is -0.501. The van der Waals surface area contributed by atoms with E-state index in [1.165, 1.54) is 12.1 Å². The van der Waals surface area contributed by atoms with E-state index >= 15 is 0 Å². The number of aromatic nitrogens is 2. The maximum atomic E-state index is 14.1. The lowest BCUT2D eigenvalue weighted by Crippen LogP contribution is -2.26. The maximum Gasteiger partial charge on any atom is 0.435 e. The Morgan fingerprint density at radius 1 is 1.23 bits per heavy atom. The van der Waals surface area contributed by atoms with Gasteiger partial charge in [0.15, 0.2) is 5.69 Å². The third kappa shape index (κ3) is 2.74. The third-order valence-corrected chi connectivity index (χ3v) is 2.95. The number of benzene rings is 1. The SMILES string of the molecule is Fc1cc(C2=NNCCO2)ccc1-n1ccc(C(F)(F)F)n1. The number of hydrogen-bond acceptors (Lipinski definition) is 4. The Hall–Kier alpha value is -2.58. The van der Waals surface area contributed by atoms with Crippen LogP contribution in [0.2, 0.25) is 0 Å². The molecule has 0 amide bonds. The summed E-state index contributed by atoms with van der Waals surface area (Å²) < 4.78 is 57.8. The van der Waals surface area contributed by atoms with E-state index in [-0.39, 0.29) is 11.6 Å². The topological polar surface area (TPSA) is 51.4 Å². The highest BCUT2D eigenvalue weighted by atomic mass is 19.4. The van der Waals surface area contributed by atoms with E-state index in [2.05, 4.69) is 15.6 Å². The van der Waals surface area contributed by atoms with Crippen LogP contribution in [0, 0.1) is 5.82 Å². The van der Waals surface area contributed by atoms with Gasteiger partial charge in [-0.3, -0.25) is 0 Å². The van der Waals surface area contributed by atoms with Crippen LogP contribution in [-0.2, 0) is 10.9 Å². The van der Waals surface area contributed by atoms with Crippen LogP contribution in [0.4, 0.5) is 17.6 Å². The highest BCUT2D eigenvalue weighted by molar-refractivity contribution is 5.94. The molecule has 0 aliphatic carbocycles. The summed E-state index contributed by atoms with van der Waals surface area (Å²) in [5.41, 5.74) is 1.93. The van der Waals surface area contributed by atoms with Crippen molar-refractivity contribution in [3.8, 4) is 5.69 Å². The molecule has 1 aliphatic heterocycles. The summed E-state index contributed by atoms with van der Waals surface area (Å²) in [5, 5.41) is 7.22. The lowest BCUT2D eigenvalue weighted by molar-refractivity contribution is -0.141. The molecule has 0 radical (unpaired) electrons. The van der Waals surface area contributed by atoms with E-state index in [1.54, 1.807) is 0 Å².